The largest absolute Gasteiger partial charge is 0.381 e. The smallest absolute Gasteiger partial charge is 0.153 e. The highest BCUT2D eigenvalue weighted by Gasteiger charge is 2.34. The SMILES string of the molecule is C/C=C(N=C(C)CCOCC)/C(=C(/C)CC)C(=C(\N=C(/C)N(C)c1cc(P)c(SC)cc1F)Nc1cc(C)[nH]n1)/C1CC1. The van der Waals surface area contributed by atoms with E-state index >= 15 is 4.39 Å². The van der Waals surface area contributed by atoms with Crippen LogP contribution >= 0.6 is 21.0 Å². The average molecular weight is 627 g/mol. The van der Waals surface area contributed by atoms with Gasteiger partial charge in [0.15, 0.2) is 5.82 Å². The van der Waals surface area contributed by atoms with E-state index in [1.807, 2.05) is 53.1 Å². The van der Waals surface area contributed by atoms with E-state index in [4.69, 9.17) is 14.7 Å². The Hall–Kier alpha value is -2.74. The van der Waals surface area contributed by atoms with Crippen LogP contribution in [0.3, 0.4) is 0 Å². The van der Waals surface area contributed by atoms with Gasteiger partial charge in [-0.25, -0.2) is 9.38 Å². The zero-order chi connectivity index (χ0) is 31.7. The molecule has 1 aromatic carbocycles. The van der Waals surface area contributed by atoms with Crippen LogP contribution in [0.4, 0.5) is 15.9 Å². The third-order valence-electron chi connectivity index (χ3n) is 7.49. The summed E-state index contributed by atoms with van der Waals surface area (Å²) in [7, 11) is 4.56. The van der Waals surface area contributed by atoms with E-state index in [0.29, 0.717) is 42.3 Å². The lowest BCUT2D eigenvalue weighted by Gasteiger charge is -2.23. The molecule has 1 saturated carbocycles. The fourth-order valence-electron chi connectivity index (χ4n) is 4.71. The van der Waals surface area contributed by atoms with Crippen LogP contribution in [0.1, 0.15) is 72.9 Å². The Morgan fingerprint density at radius 3 is 2.51 bits per heavy atom. The number of aromatic amines is 1. The summed E-state index contributed by atoms with van der Waals surface area (Å²) in [4.78, 5) is 13.0. The molecule has 1 atom stereocenters. The Morgan fingerprint density at radius 1 is 1.23 bits per heavy atom. The lowest BCUT2D eigenvalue weighted by molar-refractivity contribution is 0.155. The zero-order valence-corrected chi connectivity index (χ0v) is 29.2. The summed E-state index contributed by atoms with van der Waals surface area (Å²) in [6, 6.07) is 5.40. The van der Waals surface area contributed by atoms with Gasteiger partial charge >= 0.3 is 0 Å². The molecule has 1 fully saturated rings. The number of thioether (sulfide) groups is 1. The van der Waals surface area contributed by atoms with Crippen molar-refractivity contribution in [1.82, 2.24) is 10.2 Å². The van der Waals surface area contributed by atoms with E-state index in [-0.39, 0.29) is 5.82 Å². The number of allylic oxidation sites excluding steroid dienone is 3. The monoisotopic (exact) mass is 626 g/mol. The first-order chi connectivity index (χ1) is 20.5. The van der Waals surface area contributed by atoms with Crippen molar-refractivity contribution >= 4 is 49.4 Å². The molecule has 1 aliphatic carbocycles. The number of aryl methyl sites for hydroxylation is 1. The van der Waals surface area contributed by atoms with Crippen LogP contribution in [-0.2, 0) is 4.74 Å². The van der Waals surface area contributed by atoms with Crippen LogP contribution in [0, 0.1) is 18.7 Å². The topological polar surface area (TPSA) is 77.9 Å². The number of aliphatic imine (C=N–C) groups is 2. The number of halogens is 1. The van der Waals surface area contributed by atoms with E-state index in [1.165, 1.54) is 17.3 Å². The van der Waals surface area contributed by atoms with E-state index < -0.39 is 0 Å². The maximum absolute atomic E-state index is 15.3. The Labute approximate surface area is 263 Å². The second-order valence-corrected chi connectivity index (χ2v) is 12.3. The number of H-pyrrole nitrogens is 1. The second-order valence-electron chi connectivity index (χ2n) is 10.8. The molecular weight excluding hydrogens is 578 g/mol. The molecule has 2 N–H and O–H groups in total. The van der Waals surface area contributed by atoms with Crippen molar-refractivity contribution in [2.24, 2.45) is 15.9 Å². The van der Waals surface area contributed by atoms with Gasteiger partial charge in [0.1, 0.15) is 17.5 Å². The van der Waals surface area contributed by atoms with Crippen molar-refractivity contribution < 1.29 is 9.13 Å². The Morgan fingerprint density at radius 2 is 1.95 bits per heavy atom. The molecule has 0 bridgehead atoms. The molecule has 1 aromatic heterocycles. The van der Waals surface area contributed by atoms with Gasteiger partial charge in [0.05, 0.1) is 18.0 Å². The molecule has 0 saturated heterocycles. The van der Waals surface area contributed by atoms with Gasteiger partial charge in [-0.05, 0) is 90.4 Å². The minimum atomic E-state index is -0.285. The molecule has 0 radical (unpaired) electrons. The number of hydrogen-bond donors (Lipinski definition) is 2. The Balaban J connectivity index is 2.22. The molecule has 2 aromatic rings. The fourth-order valence-corrected chi connectivity index (χ4v) is 5.82. The summed E-state index contributed by atoms with van der Waals surface area (Å²) in [6.45, 7) is 15.7. The zero-order valence-electron chi connectivity index (χ0n) is 27.2. The highest BCUT2D eigenvalue weighted by molar-refractivity contribution is 7.99. The number of anilines is 2. The van der Waals surface area contributed by atoms with E-state index in [9.17, 15) is 0 Å². The van der Waals surface area contributed by atoms with Crippen molar-refractivity contribution in [3.8, 4) is 0 Å². The van der Waals surface area contributed by atoms with Gasteiger partial charge < -0.3 is 15.0 Å². The van der Waals surface area contributed by atoms with Gasteiger partial charge in [-0.1, -0.05) is 18.6 Å². The number of aromatic nitrogens is 2. The van der Waals surface area contributed by atoms with Crippen molar-refractivity contribution in [3.63, 3.8) is 0 Å². The van der Waals surface area contributed by atoms with Crippen molar-refractivity contribution in [3.05, 3.63) is 64.0 Å². The first-order valence-corrected chi connectivity index (χ1v) is 16.8. The number of nitrogens with zero attached hydrogens (tertiary/aromatic N) is 4. The molecule has 3 rings (SSSR count). The van der Waals surface area contributed by atoms with Crippen molar-refractivity contribution in [1.29, 1.82) is 0 Å². The number of nitrogens with one attached hydrogen (secondary N) is 2. The highest BCUT2D eigenvalue weighted by Crippen LogP contribution is 2.45. The summed E-state index contributed by atoms with van der Waals surface area (Å²) < 4.78 is 20.9. The second kappa shape index (κ2) is 16.4. The molecule has 1 unspecified atom stereocenters. The molecule has 0 amide bonds. The van der Waals surface area contributed by atoms with Gasteiger partial charge in [0, 0.05) is 53.6 Å². The number of benzene rings is 1. The van der Waals surface area contributed by atoms with Crippen LogP contribution < -0.4 is 15.5 Å². The summed E-state index contributed by atoms with van der Waals surface area (Å²) in [6.07, 6.45) is 7.81. The van der Waals surface area contributed by atoms with Gasteiger partial charge in [0.25, 0.3) is 0 Å². The van der Waals surface area contributed by atoms with Gasteiger partial charge in [-0.3, -0.25) is 10.1 Å². The van der Waals surface area contributed by atoms with E-state index in [2.05, 4.69) is 51.6 Å². The maximum Gasteiger partial charge on any atom is 0.153 e. The maximum atomic E-state index is 15.3. The molecule has 43 heavy (non-hydrogen) atoms. The number of hydrogen-bond acceptors (Lipinski definition) is 6. The van der Waals surface area contributed by atoms with Gasteiger partial charge in [-0.15, -0.1) is 21.0 Å². The molecule has 10 heteroatoms. The molecule has 1 heterocycles. The predicted octanol–water partition coefficient (Wildman–Crippen LogP) is 8.19. The Kier molecular flexibility index (Phi) is 13.2. The minimum absolute atomic E-state index is 0.285. The molecule has 234 valence electrons. The number of amidine groups is 1. The lowest BCUT2D eigenvalue weighted by atomic mass is 9.92. The molecule has 0 spiro atoms. The summed E-state index contributed by atoms with van der Waals surface area (Å²) >= 11 is 1.52. The third kappa shape index (κ3) is 9.37. The lowest BCUT2D eigenvalue weighted by Crippen LogP contribution is -2.26. The van der Waals surface area contributed by atoms with Crippen molar-refractivity contribution in [2.75, 3.05) is 36.7 Å². The quantitative estimate of drug-likeness (QED) is 0.0552. The molecule has 1 aliphatic rings. The van der Waals surface area contributed by atoms with E-state index in [1.54, 1.807) is 11.0 Å². The Bertz CT molecular complexity index is 1440. The minimum Gasteiger partial charge on any atom is -0.381 e. The standard InChI is InChI=1S/C33H48FN6OPS/c1-10-20(4)31(26(11-2)35-21(5)15-16-41-12-3)32(24-13-14-24)33(37-30-17-22(6)38-39-30)36-23(7)40(8)27-19-28(42)29(43-9)18-25(27)34/h11,17-19,24H,10,12-16,42H2,1-9H3,(H2,37,38,39)/b26-11-,31-20+,33-32+,35-21?,36-23+. The predicted molar refractivity (Wildman–Crippen MR) is 187 cm³/mol. The number of rotatable bonds is 14. The average Bonchev–Trinajstić information content (AvgIpc) is 3.74. The highest BCUT2D eigenvalue weighted by atomic mass is 32.2. The first-order valence-electron chi connectivity index (χ1n) is 15.0. The molecular formula is C33H48FN6OPS. The van der Waals surface area contributed by atoms with Crippen LogP contribution in [0.25, 0.3) is 0 Å². The van der Waals surface area contributed by atoms with Crippen LogP contribution in [0.15, 0.2) is 67.4 Å². The molecule has 7 nitrogen and oxygen atoms in total. The van der Waals surface area contributed by atoms with Gasteiger partial charge in [0.2, 0.25) is 0 Å². The van der Waals surface area contributed by atoms with Gasteiger partial charge in [-0.2, -0.15) is 5.10 Å². The van der Waals surface area contributed by atoms with Crippen molar-refractivity contribution in [2.45, 2.75) is 79.0 Å². The first kappa shape index (κ1) is 34.7. The molecule has 0 aliphatic heterocycles. The van der Waals surface area contributed by atoms with Crippen LogP contribution in [0.5, 0.6) is 0 Å². The summed E-state index contributed by atoms with van der Waals surface area (Å²) in [5, 5.41) is 12.0. The number of ether oxygens (including phenoxy) is 1. The summed E-state index contributed by atoms with van der Waals surface area (Å²) in [5.74, 6) is 2.08. The fraction of sp³-hybridized carbons (Fsp3) is 0.485. The van der Waals surface area contributed by atoms with Crippen LogP contribution in [0.2, 0.25) is 0 Å². The summed E-state index contributed by atoms with van der Waals surface area (Å²) in [5.41, 5.74) is 6.83. The third-order valence-corrected chi connectivity index (χ3v) is 8.97. The van der Waals surface area contributed by atoms with Crippen LogP contribution in [-0.4, -0.2) is 48.3 Å². The normalized spacial score (nSPS) is 15.8. The van der Waals surface area contributed by atoms with E-state index in [0.717, 1.165) is 64.1 Å².